The lowest BCUT2D eigenvalue weighted by Crippen LogP contribution is -2.55. The van der Waals surface area contributed by atoms with Crippen molar-refractivity contribution in [2.45, 2.75) is 69.5 Å². The molecule has 3 aromatic rings. The van der Waals surface area contributed by atoms with Crippen molar-refractivity contribution in [2.75, 3.05) is 44.0 Å². The SMILES string of the molecule is COc1cc2nc(N3CCC(N(C(=O)C4CCCN4C)C4CCCC4)CC3)nc(Nc3ccc(Cl)cc3F)c2cc1F. The Morgan fingerprint density at radius 2 is 1.71 bits per heavy atom. The van der Waals surface area contributed by atoms with E-state index in [-0.39, 0.29) is 40.3 Å². The molecule has 1 atom stereocenters. The van der Waals surface area contributed by atoms with Crippen LogP contribution in [0.5, 0.6) is 5.75 Å². The van der Waals surface area contributed by atoms with Gasteiger partial charge in [0.15, 0.2) is 11.6 Å². The molecule has 2 saturated heterocycles. The number of benzene rings is 2. The zero-order valence-corrected chi connectivity index (χ0v) is 24.8. The highest BCUT2D eigenvalue weighted by Gasteiger charge is 2.40. The Hall–Kier alpha value is -3.24. The van der Waals surface area contributed by atoms with Gasteiger partial charge in [-0.15, -0.1) is 0 Å². The number of halogens is 3. The second-order valence-electron chi connectivity index (χ2n) is 11.7. The molecule has 1 N–H and O–H groups in total. The summed E-state index contributed by atoms with van der Waals surface area (Å²) in [5.41, 5.74) is 0.646. The summed E-state index contributed by atoms with van der Waals surface area (Å²) >= 11 is 5.94. The van der Waals surface area contributed by atoms with Crippen molar-refractivity contribution in [3.63, 3.8) is 0 Å². The number of hydrogen-bond acceptors (Lipinski definition) is 7. The lowest BCUT2D eigenvalue weighted by molar-refractivity contribution is -0.141. The Morgan fingerprint density at radius 1 is 0.976 bits per heavy atom. The van der Waals surface area contributed by atoms with Crippen molar-refractivity contribution in [1.29, 1.82) is 0 Å². The number of carbonyl (C=O) groups excluding carboxylic acids is 1. The van der Waals surface area contributed by atoms with Crippen LogP contribution in [-0.4, -0.2) is 77.6 Å². The normalized spacial score (nSPS) is 20.4. The molecule has 224 valence electrons. The third kappa shape index (κ3) is 5.71. The quantitative estimate of drug-likeness (QED) is 0.350. The number of likely N-dealkylation sites (N-methyl/N-ethyl adjacent to an activating group) is 1. The first-order chi connectivity index (χ1) is 20.3. The number of piperidine rings is 1. The highest BCUT2D eigenvalue weighted by molar-refractivity contribution is 6.30. The minimum Gasteiger partial charge on any atom is -0.494 e. The number of aromatic nitrogens is 2. The Bertz CT molecular complexity index is 1460. The van der Waals surface area contributed by atoms with Gasteiger partial charge in [-0.2, -0.15) is 4.98 Å². The highest BCUT2D eigenvalue weighted by atomic mass is 35.5. The molecule has 2 aliphatic heterocycles. The molecular formula is C31H37ClF2N6O2. The van der Waals surface area contributed by atoms with E-state index in [1.807, 2.05) is 0 Å². The van der Waals surface area contributed by atoms with Crippen LogP contribution in [-0.2, 0) is 4.79 Å². The van der Waals surface area contributed by atoms with Gasteiger partial charge in [-0.25, -0.2) is 13.8 Å². The number of anilines is 3. The van der Waals surface area contributed by atoms with E-state index in [1.54, 1.807) is 6.07 Å². The summed E-state index contributed by atoms with van der Waals surface area (Å²) in [6, 6.07) is 7.59. The first-order valence-corrected chi connectivity index (χ1v) is 15.2. The van der Waals surface area contributed by atoms with Crippen molar-refractivity contribution in [3.8, 4) is 5.75 Å². The van der Waals surface area contributed by atoms with Gasteiger partial charge < -0.3 is 19.9 Å². The van der Waals surface area contributed by atoms with E-state index < -0.39 is 11.6 Å². The Kier molecular flexibility index (Phi) is 8.36. The molecule has 1 unspecified atom stereocenters. The first kappa shape index (κ1) is 28.9. The maximum atomic E-state index is 14.7. The number of amides is 1. The van der Waals surface area contributed by atoms with Gasteiger partial charge in [0.2, 0.25) is 11.9 Å². The first-order valence-electron chi connectivity index (χ1n) is 14.9. The number of nitrogens with zero attached hydrogens (tertiary/aromatic N) is 5. The summed E-state index contributed by atoms with van der Waals surface area (Å²) in [4.78, 5) is 29.9. The lowest BCUT2D eigenvalue weighted by atomic mass is 9.98. The average molecular weight is 599 g/mol. The molecule has 42 heavy (non-hydrogen) atoms. The Morgan fingerprint density at radius 3 is 2.38 bits per heavy atom. The van der Waals surface area contributed by atoms with Crippen LogP contribution >= 0.6 is 11.6 Å². The maximum Gasteiger partial charge on any atom is 0.240 e. The fourth-order valence-corrected chi connectivity index (χ4v) is 6.97. The second kappa shape index (κ2) is 12.2. The molecule has 1 saturated carbocycles. The third-order valence-electron chi connectivity index (χ3n) is 9.06. The zero-order valence-electron chi connectivity index (χ0n) is 24.1. The average Bonchev–Trinajstić information content (AvgIpc) is 3.67. The van der Waals surface area contributed by atoms with Crippen LogP contribution < -0.4 is 15.0 Å². The molecule has 3 fully saturated rings. The number of fused-ring (bicyclic) bond motifs is 1. The van der Waals surface area contributed by atoms with Gasteiger partial charge in [0.05, 0.1) is 24.4 Å². The van der Waals surface area contributed by atoms with Crippen LogP contribution in [0.4, 0.5) is 26.2 Å². The maximum absolute atomic E-state index is 14.7. The number of likely N-dealkylation sites (tertiary alicyclic amines) is 1. The van der Waals surface area contributed by atoms with Gasteiger partial charge in [-0.1, -0.05) is 24.4 Å². The van der Waals surface area contributed by atoms with Crippen molar-refractivity contribution in [1.82, 2.24) is 19.8 Å². The summed E-state index contributed by atoms with van der Waals surface area (Å²) in [6.45, 7) is 2.30. The standard InChI is InChI=1S/C31H37ClF2N6O2/c1-38-13-5-8-27(38)30(41)40(20-6-3-4-7-20)21-11-14-39(15-12-21)31-36-26-18-28(42-2)24(34)17-22(26)29(37-31)35-25-10-9-19(32)16-23(25)33/h9-10,16-18,20-21,27H,3-8,11-15H2,1-2H3,(H,35,36,37). The van der Waals surface area contributed by atoms with E-state index in [2.05, 4.69) is 27.1 Å². The fraction of sp³-hybridized carbons (Fsp3) is 0.516. The van der Waals surface area contributed by atoms with Crippen molar-refractivity contribution >= 4 is 45.9 Å². The molecule has 8 nitrogen and oxygen atoms in total. The van der Waals surface area contributed by atoms with Gasteiger partial charge in [0, 0.05) is 41.6 Å². The second-order valence-corrected chi connectivity index (χ2v) is 12.1. The third-order valence-corrected chi connectivity index (χ3v) is 9.30. The number of methoxy groups -OCH3 is 1. The minimum absolute atomic E-state index is 0.0234. The summed E-state index contributed by atoms with van der Waals surface area (Å²) in [6.07, 6.45) is 8.10. The van der Waals surface area contributed by atoms with Crippen molar-refractivity contribution in [2.24, 2.45) is 0 Å². The van der Waals surface area contributed by atoms with Crippen LogP contribution in [0.25, 0.3) is 10.9 Å². The molecule has 0 bridgehead atoms. The molecule has 2 aromatic carbocycles. The van der Waals surface area contributed by atoms with E-state index in [4.69, 9.17) is 26.3 Å². The number of nitrogens with one attached hydrogen (secondary N) is 1. The molecule has 0 radical (unpaired) electrons. The molecule has 1 aromatic heterocycles. The zero-order chi connectivity index (χ0) is 29.4. The summed E-state index contributed by atoms with van der Waals surface area (Å²) in [5.74, 6) is -0.0146. The number of ether oxygens (including phenoxy) is 1. The lowest BCUT2D eigenvalue weighted by Gasteiger charge is -2.43. The van der Waals surface area contributed by atoms with Crippen LogP contribution in [0.3, 0.4) is 0 Å². The number of carbonyl (C=O) groups is 1. The Balaban J connectivity index is 1.27. The molecule has 3 heterocycles. The van der Waals surface area contributed by atoms with Crippen molar-refractivity contribution < 1.29 is 18.3 Å². The van der Waals surface area contributed by atoms with E-state index in [0.717, 1.165) is 45.1 Å². The van der Waals surface area contributed by atoms with Crippen LogP contribution in [0, 0.1) is 11.6 Å². The molecular weight excluding hydrogens is 562 g/mol. The van der Waals surface area contributed by atoms with Crippen LogP contribution in [0.15, 0.2) is 30.3 Å². The van der Waals surface area contributed by atoms with E-state index in [9.17, 15) is 13.6 Å². The van der Waals surface area contributed by atoms with E-state index in [0.29, 0.717) is 36.0 Å². The van der Waals surface area contributed by atoms with Gasteiger partial charge >= 0.3 is 0 Å². The highest BCUT2D eigenvalue weighted by Crippen LogP contribution is 2.35. The number of rotatable bonds is 7. The van der Waals surface area contributed by atoms with Gasteiger partial charge in [-0.3, -0.25) is 9.69 Å². The molecule has 11 heteroatoms. The topological polar surface area (TPSA) is 73.8 Å². The molecule has 6 rings (SSSR count). The molecule has 3 aliphatic rings. The van der Waals surface area contributed by atoms with E-state index in [1.165, 1.54) is 44.2 Å². The predicted molar refractivity (Wildman–Crippen MR) is 161 cm³/mol. The molecule has 1 amide bonds. The number of hydrogen-bond donors (Lipinski definition) is 1. The van der Waals surface area contributed by atoms with Gasteiger partial charge in [-0.05, 0) is 76.4 Å². The summed E-state index contributed by atoms with van der Waals surface area (Å²) in [7, 11) is 3.46. The minimum atomic E-state index is -0.564. The van der Waals surface area contributed by atoms with E-state index >= 15 is 0 Å². The van der Waals surface area contributed by atoms with Gasteiger partial charge in [0.1, 0.15) is 11.6 Å². The fourth-order valence-electron chi connectivity index (χ4n) is 6.81. The smallest absolute Gasteiger partial charge is 0.240 e. The monoisotopic (exact) mass is 598 g/mol. The van der Waals surface area contributed by atoms with Crippen LogP contribution in [0.2, 0.25) is 5.02 Å². The van der Waals surface area contributed by atoms with Crippen molar-refractivity contribution in [3.05, 3.63) is 47.0 Å². The van der Waals surface area contributed by atoms with Crippen LogP contribution in [0.1, 0.15) is 51.4 Å². The largest absolute Gasteiger partial charge is 0.494 e. The molecule has 1 aliphatic carbocycles. The summed E-state index contributed by atoms with van der Waals surface area (Å²) < 4.78 is 34.6. The molecule has 0 spiro atoms. The van der Waals surface area contributed by atoms with Gasteiger partial charge in [0.25, 0.3) is 0 Å². The summed E-state index contributed by atoms with van der Waals surface area (Å²) in [5, 5.41) is 3.70. The Labute approximate surface area is 250 Å². The predicted octanol–water partition coefficient (Wildman–Crippen LogP) is 6.15.